The highest BCUT2D eigenvalue weighted by atomic mass is 32.2. The minimum absolute atomic E-state index is 0.0255. The highest BCUT2D eigenvalue weighted by Crippen LogP contribution is 2.33. The summed E-state index contributed by atoms with van der Waals surface area (Å²) in [5.41, 5.74) is -0.291. The highest BCUT2D eigenvalue weighted by molar-refractivity contribution is 8.00. The van der Waals surface area contributed by atoms with Gasteiger partial charge in [0.15, 0.2) is 0 Å². The lowest BCUT2D eigenvalue weighted by molar-refractivity contribution is -0.142. The standard InChI is InChI=1S/C13H22N2O2S/c1-12(2,3)17-9-11(16)15-7-5-13(10-14,18-4)6-8-15/h5-9H2,1-4H3. The van der Waals surface area contributed by atoms with Gasteiger partial charge in [-0.1, -0.05) is 0 Å². The maximum Gasteiger partial charge on any atom is 0.248 e. The third kappa shape index (κ3) is 4.18. The Morgan fingerprint density at radius 2 is 2.00 bits per heavy atom. The monoisotopic (exact) mass is 270 g/mol. The molecule has 0 unspecified atom stereocenters. The number of likely N-dealkylation sites (tertiary alicyclic amines) is 1. The van der Waals surface area contributed by atoms with Crippen LogP contribution < -0.4 is 0 Å². The second kappa shape index (κ2) is 5.94. The molecular formula is C13H22N2O2S. The SMILES string of the molecule is CSC1(C#N)CCN(C(=O)COC(C)(C)C)CC1. The predicted octanol–water partition coefficient (Wildman–Crippen LogP) is 2.05. The van der Waals surface area contributed by atoms with Crippen LogP contribution in [-0.4, -0.2) is 47.1 Å². The quantitative estimate of drug-likeness (QED) is 0.787. The van der Waals surface area contributed by atoms with E-state index in [0.717, 1.165) is 12.8 Å². The molecule has 0 aromatic rings. The van der Waals surface area contributed by atoms with Gasteiger partial charge in [-0.25, -0.2) is 0 Å². The molecule has 1 fully saturated rings. The van der Waals surface area contributed by atoms with Gasteiger partial charge in [0.25, 0.3) is 0 Å². The summed E-state index contributed by atoms with van der Waals surface area (Å²) >= 11 is 1.59. The lowest BCUT2D eigenvalue weighted by atomic mass is 9.97. The molecule has 5 heteroatoms. The predicted molar refractivity (Wildman–Crippen MR) is 73.4 cm³/mol. The van der Waals surface area contributed by atoms with Crippen LogP contribution in [0.1, 0.15) is 33.6 Å². The fourth-order valence-corrected chi connectivity index (χ4v) is 2.53. The van der Waals surface area contributed by atoms with Crippen molar-refractivity contribution >= 4 is 17.7 Å². The Hall–Kier alpha value is -0.730. The van der Waals surface area contributed by atoms with Gasteiger partial charge in [-0.15, -0.1) is 11.8 Å². The number of nitrogens with zero attached hydrogens (tertiary/aromatic N) is 2. The van der Waals surface area contributed by atoms with Crippen LogP contribution >= 0.6 is 11.8 Å². The van der Waals surface area contributed by atoms with Gasteiger partial charge in [0, 0.05) is 13.1 Å². The second-order valence-corrected chi connectivity index (χ2v) is 6.78. The molecule has 18 heavy (non-hydrogen) atoms. The van der Waals surface area contributed by atoms with Crippen LogP contribution in [0.25, 0.3) is 0 Å². The van der Waals surface area contributed by atoms with Crippen molar-refractivity contribution in [2.45, 2.75) is 44.0 Å². The number of carbonyl (C=O) groups is 1. The Morgan fingerprint density at radius 3 is 2.39 bits per heavy atom. The van der Waals surface area contributed by atoms with Crippen molar-refractivity contribution in [3.8, 4) is 6.07 Å². The molecule has 0 atom stereocenters. The summed E-state index contributed by atoms with van der Waals surface area (Å²) in [5.74, 6) is 0.0255. The molecule has 102 valence electrons. The first-order valence-corrected chi connectivity index (χ1v) is 7.42. The maximum absolute atomic E-state index is 11.9. The van der Waals surface area contributed by atoms with Crippen molar-refractivity contribution in [1.82, 2.24) is 4.90 Å². The van der Waals surface area contributed by atoms with Crippen molar-refractivity contribution < 1.29 is 9.53 Å². The summed E-state index contributed by atoms with van der Waals surface area (Å²) in [4.78, 5) is 13.7. The van der Waals surface area contributed by atoms with E-state index in [1.165, 1.54) is 0 Å². The van der Waals surface area contributed by atoms with E-state index >= 15 is 0 Å². The van der Waals surface area contributed by atoms with Crippen molar-refractivity contribution in [2.75, 3.05) is 26.0 Å². The summed E-state index contributed by atoms with van der Waals surface area (Å²) in [6, 6.07) is 2.38. The summed E-state index contributed by atoms with van der Waals surface area (Å²) in [5, 5.41) is 9.18. The smallest absolute Gasteiger partial charge is 0.248 e. The number of piperidine rings is 1. The number of thioether (sulfide) groups is 1. The zero-order valence-electron chi connectivity index (χ0n) is 11.7. The first kappa shape index (κ1) is 15.3. The number of hydrogen-bond donors (Lipinski definition) is 0. The minimum Gasteiger partial charge on any atom is -0.366 e. The number of hydrogen-bond acceptors (Lipinski definition) is 4. The molecule has 0 spiro atoms. The molecule has 1 amide bonds. The normalized spacial score (nSPS) is 19.4. The van der Waals surface area contributed by atoms with Gasteiger partial charge in [0.05, 0.1) is 11.7 Å². The van der Waals surface area contributed by atoms with Gasteiger partial charge in [-0.05, 0) is 39.9 Å². The van der Waals surface area contributed by atoms with E-state index < -0.39 is 0 Å². The molecule has 1 aliphatic heterocycles. The fraction of sp³-hybridized carbons (Fsp3) is 0.846. The molecule has 0 bridgehead atoms. The van der Waals surface area contributed by atoms with Gasteiger partial charge in [0.2, 0.25) is 5.91 Å². The molecule has 4 nitrogen and oxygen atoms in total. The van der Waals surface area contributed by atoms with E-state index in [1.807, 2.05) is 27.0 Å². The highest BCUT2D eigenvalue weighted by Gasteiger charge is 2.35. The Balaban J connectivity index is 2.44. The number of amides is 1. The number of ether oxygens (including phenoxy) is 1. The minimum atomic E-state index is -0.304. The molecule has 0 aromatic heterocycles. The fourth-order valence-electron chi connectivity index (χ4n) is 1.85. The topological polar surface area (TPSA) is 53.3 Å². The average Bonchev–Trinajstić information content (AvgIpc) is 2.35. The van der Waals surface area contributed by atoms with Crippen LogP contribution in [-0.2, 0) is 9.53 Å². The molecule has 1 heterocycles. The van der Waals surface area contributed by atoms with E-state index in [1.54, 1.807) is 16.7 Å². The molecule has 0 N–H and O–H groups in total. The van der Waals surface area contributed by atoms with Gasteiger partial charge in [-0.3, -0.25) is 4.79 Å². The van der Waals surface area contributed by atoms with E-state index in [4.69, 9.17) is 4.74 Å². The molecule has 1 aliphatic rings. The van der Waals surface area contributed by atoms with Crippen molar-refractivity contribution in [3.05, 3.63) is 0 Å². The van der Waals surface area contributed by atoms with E-state index in [9.17, 15) is 10.1 Å². The summed E-state index contributed by atoms with van der Waals surface area (Å²) < 4.78 is 5.18. The van der Waals surface area contributed by atoms with Gasteiger partial charge in [0.1, 0.15) is 11.4 Å². The second-order valence-electron chi connectivity index (χ2n) is 5.59. The first-order valence-electron chi connectivity index (χ1n) is 6.20. The number of carbonyl (C=O) groups excluding carboxylic acids is 1. The van der Waals surface area contributed by atoms with Crippen LogP contribution in [0.2, 0.25) is 0 Å². The Kier molecular flexibility index (Phi) is 5.06. The first-order chi connectivity index (χ1) is 8.32. The lowest BCUT2D eigenvalue weighted by Gasteiger charge is -2.36. The number of rotatable bonds is 3. The van der Waals surface area contributed by atoms with E-state index in [2.05, 4.69) is 6.07 Å². The molecule has 0 aromatic carbocycles. The van der Waals surface area contributed by atoms with Gasteiger partial charge >= 0.3 is 0 Å². The van der Waals surface area contributed by atoms with E-state index in [-0.39, 0.29) is 22.9 Å². The summed E-state index contributed by atoms with van der Waals surface area (Å²) in [7, 11) is 0. The van der Waals surface area contributed by atoms with Crippen molar-refractivity contribution in [2.24, 2.45) is 0 Å². The van der Waals surface area contributed by atoms with Crippen LogP contribution in [0.15, 0.2) is 0 Å². The molecule has 0 aliphatic carbocycles. The van der Waals surface area contributed by atoms with Crippen molar-refractivity contribution in [3.63, 3.8) is 0 Å². The van der Waals surface area contributed by atoms with Crippen LogP contribution in [0, 0.1) is 11.3 Å². The zero-order chi connectivity index (χ0) is 13.8. The Morgan fingerprint density at radius 1 is 1.44 bits per heavy atom. The zero-order valence-corrected chi connectivity index (χ0v) is 12.5. The third-order valence-corrected chi connectivity index (χ3v) is 4.43. The molecular weight excluding hydrogens is 248 g/mol. The Labute approximate surface area is 114 Å². The van der Waals surface area contributed by atoms with Gasteiger partial charge < -0.3 is 9.64 Å². The van der Waals surface area contributed by atoms with Crippen LogP contribution in [0.3, 0.4) is 0 Å². The van der Waals surface area contributed by atoms with E-state index in [0.29, 0.717) is 13.1 Å². The van der Waals surface area contributed by atoms with Crippen molar-refractivity contribution in [1.29, 1.82) is 5.26 Å². The third-order valence-electron chi connectivity index (χ3n) is 3.15. The molecule has 0 radical (unpaired) electrons. The average molecular weight is 270 g/mol. The number of nitriles is 1. The lowest BCUT2D eigenvalue weighted by Crippen LogP contribution is -2.46. The molecule has 1 saturated heterocycles. The Bertz CT molecular complexity index is 336. The largest absolute Gasteiger partial charge is 0.366 e. The van der Waals surface area contributed by atoms with Crippen LogP contribution in [0.4, 0.5) is 0 Å². The van der Waals surface area contributed by atoms with Crippen LogP contribution in [0.5, 0.6) is 0 Å². The summed E-state index contributed by atoms with van der Waals surface area (Å²) in [6.07, 6.45) is 3.45. The molecule has 0 saturated carbocycles. The summed E-state index contributed by atoms with van der Waals surface area (Å²) in [6.45, 7) is 7.24. The maximum atomic E-state index is 11.9. The molecule has 1 rings (SSSR count). The van der Waals surface area contributed by atoms with Gasteiger partial charge in [-0.2, -0.15) is 5.26 Å².